The maximum Gasteiger partial charge on any atom is 0.957 e. The molecule has 0 aromatic heterocycles. The Labute approximate surface area is 134 Å². The highest BCUT2D eigenvalue weighted by molar-refractivity contribution is 6.53. The lowest BCUT2D eigenvalue weighted by molar-refractivity contribution is -0.0301. The molecule has 7 nitrogen and oxygen atoms in total. The average molecular weight is 331 g/mol. The molecule has 0 aliphatic carbocycles. The molecule has 0 bridgehead atoms. The first kappa shape index (κ1) is 20.6. The zero-order valence-corrected chi connectivity index (χ0v) is 15.8. The summed E-state index contributed by atoms with van der Waals surface area (Å²) in [6, 6.07) is 0. The Bertz CT molecular complexity index is 356. The lowest BCUT2D eigenvalue weighted by Crippen LogP contribution is -2.46. The molecule has 0 saturated carbocycles. The van der Waals surface area contributed by atoms with Gasteiger partial charge in [0, 0.05) is 6.61 Å². The quantitative estimate of drug-likeness (QED) is 0.327. The second-order valence-electron chi connectivity index (χ2n) is 4.75. The van der Waals surface area contributed by atoms with Gasteiger partial charge in [0.05, 0.1) is 17.1 Å². The van der Waals surface area contributed by atoms with E-state index in [4.69, 9.17) is 18.0 Å². The monoisotopic (exact) mass is 331 g/mol. The lowest BCUT2D eigenvalue weighted by atomic mass is 10.3. The number of rotatable bonds is 11. The molecule has 0 atom stereocenters. The minimum atomic E-state index is -3.60. The summed E-state index contributed by atoms with van der Waals surface area (Å²) >= 11 is 0. The maximum atomic E-state index is 5.57. The summed E-state index contributed by atoms with van der Waals surface area (Å²) in [7, 11) is -3.60. The van der Waals surface area contributed by atoms with Crippen molar-refractivity contribution in [2.75, 3.05) is 6.61 Å². The first-order valence-electron chi connectivity index (χ1n) is 7.71. The second kappa shape index (κ2) is 11.2. The molecule has 0 aromatic rings. The summed E-state index contributed by atoms with van der Waals surface area (Å²) < 4.78 is 21.9. The van der Waals surface area contributed by atoms with Crippen LogP contribution in [0.2, 0.25) is 0 Å². The normalized spacial score (nSPS) is 14.0. The first-order valence-corrected chi connectivity index (χ1v) is 9.35. The van der Waals surface area contributed by atoms with Gasteiger partial charge in [0.25, 0.3) is 0 Å². The second-order valence-corrected chi connectivity index (χ2v) is 6.58. The molecule has 0 amide bonds. The molecule has 0 aliphatic heterocycles. The van der Waals surface area contributed by atoms with Gasteiger partial charge in [-0.25, -0.2) is 0 Å². The number of hydrogen-bond acceptors (Lipinski definition) is 7. The topological polar surface area (TPSA) is 74.0 Å². The van der Waals surface area contributed by atoms with E-state index < -0.39 is 9.05 Å². The van der Waals surface area contributed by atoms with Gasteiger partial charge in [-0.1, -0.05) is 20.8 Å². The van der Waals surface area contributed by atoms with Gasteiger partial charge in [0.2, 0.25) is 0 Å². The first-order chi connectivity index (χ1) is 10.4. The van der Waals surface area contributed by atoms with Gasteiger partial charge in [-0.15, -0.1) is 15.5 Å². The predicted octanol–water partition coefficient (Wildman–Crippen LogP) is 3.87. The Morgan fingerprint density at radius 2 is 1.00 bits per heavy atom. The average Bonchev–Trinajstić information content (AvgIpc) is 2.54. The molecule has 0 saturated heterocycles. The molecule has 0 unspecified atom stereocenters. The van der Waals surface area contributed by atoms with Crippen molar-refractivity contribution in [2.24, 2.45) is 15.5 Å². The van der Waals surface area contributed by atoms with Crippen LogP contribution in [0.3, 0.4) is 0 Å². The number of hydrogen-bond donors (Lipinski definition) is 0. The van der Waals surface area contributed by atoms with Crippen LogP contribution in [-0.4, -0.2) is 32.8 Å². The SMILES string of the molecule is CCO[Si](O/N=C(\C)CC)(O/N=C(\C)CC)O/N=C(\C)CC. The number of nitrogens with zero attached hydrogens (tertiary/aromatic N) is 3. The zero-order valence-electron chi connectivity index (χ0n) is 14.8. The highest BCUT2D eigenvalue weighted by Crippen LogP contribution is 2.15. The van der Waals surface area contributed by atoms with E-state index in [1.165, 1.54) is 0 Å². The van der Waals surface area contributed by atoms with Crippen LogP contribution in [0.5, 0.6) is 0 Å². The highest BCUT2D eigenvalue weighted by Gasteiger charge is 2.57. The van der Waals surface area contributed by atoms with E-state index in [0.717, 1.165) is 36.4 Å². The summed E-state index contributed by atoms with van der Waals surface area (Å²) in [5, 5.41) is 12.0. The zero-order chi connectivity index (χ0) is 17.0. The van der Waals surface area contributed by atoms with Crippen LogP contribution in [0.4, 0.5) is 0 Å². The van der Waals surface area contributed by atoms with E-state index in [9.17, 15) is 0 Å². The van der Waals surface area contributed by atoms with E-state index in [-0.39, 0.29) is 0 Å². The van der Waals surface area contributed by atoms with Gasteiger partial charge in [-0.2, -0.15) is 0 Å². The Morgan fingerprint density at radius 3 is 1.23 bits per heavy atom. The fourth-order valence-corrected chi connectivity index (χ4v) is 2.32. The van der Waals surface area contributed by atoms with Gasteiger partial charge in [0.15, 0.2) is 0 Å². The Balaban J connectivity index is 5.32. The molecule has 0 aliphatic rings. The summed E-state index contributed by atoms with van der Waals surface area (Å²) in [5.41, 5.74) is 2.41. The van der Waals surface area contributed by atoms with Crippen LogP contribution >= 0.6 is 0 Å². The van der Waals surface area contributed by atoms with Gasteiger partial charge < -0.3 is 18.0 Å². The fraction of sp³-hybridized carbons (Fsp3) is 0.786. The van der Waals surface area contributed by atoms with Crippen LogP contribution in [0.15, 0.2) is 15.5 Å². The van der Waals surface area contributed by atoms with Crippen LogP contribution < -0.4 is 0 Å². The van der Waals surface area contributed by atoms with Crippen molar-refractivity contribution < 1.29 is 18.0 Å². The minimum Gasteiger partial charge on any atom is -0.351 e. The minimum absolute atomic E-state index is 0.342. The molecule has 22 heavy (non-hydrogen) atoms. The van der Waals surface area contributed by atoms with Crippen molar-refractivity contribution in [1.82, 2.24) is 0 Å². The van der Waals surface area contributed by atoms with Crippen molar-refractivity contribution >= 4 is 26.2 Å². The maximum absolute atomic E-state index is 5.57. The summed E-state index contributed by atoms with van der Waals surface area (Å²) in [6.45, 7) is 13.7. The van der Waals surface area contributed by atoms with Gasteiger partial charge >= 0.3 is 9.05 Å². The van der Waals surface area contributed by atoms with Crippen LogP contribution in [0, 0.1) is 0 Å². The highest BCUT2D eigenvalue weighted by atomic mass is 28.4. The molecule has 0 heterocycles. The molecular formula is C14H29N3O4Si. The van der Waals surface area contributed by atoms with Gasteiger partial charge in [-0.3, -0.25) is 0 Å². The Kier molecular flexibility index (Phi) is 10.5. The summed E-state index contributed by atoms with van der Waals surface area (Å²) in [5.74, 6) is 0. The Morgan fingerprint density at radius 1 is 0.682 bits per heavy atom. The van der Waals surface area contributed by atoms with E-state index in [1.54, 1.807) is 0 Å². The fourth-order valence-electron chi connectivity index (χ4n) is 0.901. The van der Waals surface area contributed by atoms with E-state index in [2.05, 4.69) is 15.5 Å². The Hall–Kier alpha value is -1.41. The summed E-state index contributed by atoms with van der Waals surface area (Å²) in [6.07, 6.45) is 2.27. The van der Waals surface area contributed by atoms with Crippen molar-refractivity contribution in [2.45, 2.75) is 67.7 Å². The summed E-state index contributed by atoms with van der Waals surface area (Å²) in [4.78, 5) is 0. The molecule has 0 N–H and O–H groups in total. The van der Waals surface area contributed by atoms with Crippen LogP contribution in [0.1, 0.15) is 67.7 Å². The number of oxime groups is 3. The van der Waals surface area contributed by atoms with E-state index >= 15 is 0 Å². The molecule has 0 radical (unpaired) electrons. The molecule has 0 fully saturated rings. The van der Waals surface area contributed by atoms with Crippen LogP contribution in [0.25, 0.3) is 0 Å². The molecule has 0 spiro atoms. The molecular weight excluding hydrogens is 302 g/mol. The molecule has 0 aromatic carbocycles. The third-order valence-electron chi connectivity index (χ3n) is 2.80. The smallest absolute Gasteiger partial charge is 0.351 e. The van der Waals surface area contributed by atoms with Crippen molar-refractivity contribution in [3.63, 3.8) is 0 Å². The third-order valence-corrected chi connectivity index (χ3v) is 4.38. The van der Waals surface area contributed by atoms with Crippen molar-refractivity contribution in [1.29, 1.82) is 0 Å². The van der Waals surface area contributed by atoms with E-state index in [1.807, 2.05) is 48.5 Å². The van der Waals surface area contributed by atoms with Crippen molar-refractivity contribution in [3.05, 3.63) is 0 Å². The standard InChI is InChI=1S/C14H29N3O4Si/c1-8-12(5)15-19-22(18-11-4,20-16-13(6)9-2)21-17-14(7)10-3/h8-11H2,1-7H3/b15-12+,16-13+,17-14+. The van der Waals surface area contributed by atoms with Gasteiger partial charge in [0.1, 0.15) is 0 Å². The van der Waals surface area contributed by atoms with E-state index in [0.29, 0.717) is 6.61 Å². The molecule has 0 rings (SSSR count). The van der Waals surface area contributed by atoms with Crippen molar-refractivity contribution in [3.8, 4) is 0 Å². The van der Waals surface area contributed by atoms with Crippen LogP contribution in [-0.2, 0) is 18.0 Å². The largest absolute Gasteiger partial charge is 0.957 e. The van der Waals surface area contributed by atoms with Gasteiger partial charge in [-0.05, 0) is 47.0 Å². The molecule has 8 heteroatoms. The molecule has 128 valence electrons. The predicted molar refractivity (Wildman–Crippen MR) is 90.8 cm³/mol. The third kappa shape index (κ3) is 8.13. The lowest BCUT2D eigenvalue weighted by Gasteiger charge is -2.20.